The molecule has 4 N–H and O–H groups in total. The first-order valence-electron chi connectivity index (χ1n) is 6.13. The zero-order chi connectivity index (χ0) is 14.8. The largest absolute Gasteiger partial charge is 0.480 e. The van der Waals surface area contributed by atoms with Gasteiger partial charge in [-0.05, 0) is 18.2 Å². The minimum atomic E-state index is -1.30. The number of carboxylic acids is 1. The third kappa shape index (κ3) is 3.02. The highest BCUT2D eigenvalue weighted by Gasteiger charge is 2.41. The molecule has 2 rings (SSSR count). The van der Waals surface area contributed by atoms with Crippen molar-refractivity contribution in [3.8, 4) is 0 Å². The molecule has 1 aliphatic rings. The van der Waals surface area contributed by atoms with E-state index >= 15 is 0 Å². The molecule has 0 spiro atoms. The van der Waals surface area contributed by atoms with Crippen LogP contribution in [-0.4, -0.2) is 35.7 Å². The number of hydrogen-bond acceptors (Lipinski definition) is 4. The average Bonchev–Trinajstić information content (AvgIpc) is 2.38. The fourth-order valence-corrected chi connectivity index (χ4v) is 2.39. The van der Waals surface area contributed by atoms with Crippen LogP contribution in [0.5, 0.6) is 0 Å². The van der Waals surface area contributed by atoms with Gasteiger partial charge in [-0.2, -0.15) is 0 Å². The van der Waals surface area contributed by atoms with E-state index in [4.69, 9.17) is 22.1 Å². The quantitative estimate of drug-likeness (QED) is 0.730. The van der Waals surface area contributed by atoms with Gasteiger partial charge in [0.25, 0.3) is 5.91 Å². The molecule has 0 atom stereocenters. The topological polar surface area (TPSA) is 102 Å². The SMILES string of the molecule is Nc1cc(Cl)cc(C(=O)NC2(C(=O)O)CCOCC2)c1. The number of hydrogen-bond donors (Lipinski definition) is 3. The Kier molecular flexibility index (Phi) is 4.15. The first kappa shape index (κ1) is 14.6. The molecule has 1 fully saturated rings. The van der Waals surface area contributed by atoms with Crippen molar-refractivity contribution in [2.24, 2.45) is 0 Å². The van der Waals surface area contributed by atoms with E-state index in [1.54, 1.807) is 0 Å². The Labute approximate surface area is 120 Å². The number of ether oxygens (including phenoxy) is 1. The van der Waals surface area contributed by atoms with Crippen molar-refractivity contribution < 1.29 is 19.4 Å². The van der Waals surface area contributed by atoms with Crippen molar-refractivity contribution in [1.82, 2.24) is 5.32 Å². The summed E-state index contributed by atoms with van der Waals surface area (Å²) < 4.78 is 5.14. The number of rotatable bonds is 3. The van der Waals surface area contributed by atoms with Crippen molar-refractivity contribution in [3.63, 3.8) is 0 Å². The Morgan fingerprint density at radius 3 is 2.50 bits per heavy atom. The molecule has 7 heteroatoms. The van der Waals surface area contributed by atoms with E-state index in [0.29, 0.717) is 23.9 Å². The zero-order valence-electron chi connectivity index (χ0n) is 10.7. The van der Waals surface area contributed by atoms with Gasteiger partial charge in [0.2, 0.25) is 0 Å². The van der Waals surface area contributed by atoms with E-state index in [-0.39, 0.29) is 18.4 Å². The van der Waals surface area contributed by atoms with Crippen LogP contribution in [0.3, 0.4) is 0 Å². The Balaban J connectivity index is 2.22. The molecule has 0 aliphatic carbocycles. The molecule has 1 aromatic rings. The van der Waals surface area contributed by atoms with Gasteiger partial charge < -0.3 is 20.9 Å². The van der Waals surface area contributed by atoms with Crippen LogP contribution in [0, 0.1) is 0 Å². The van der Waals surface area contributed by atoms with Gasteiger partial charge in [0.15, 0.2) is 0 Å². The molecule has 1 amide bonds. The van der Waals surface area contributed by atoms with E-state index in [9.17, 15) is 14.7 Å². The second kappa shape index (κ2) is 5.68. The lowest BCUT2D eigenvalue weighted by molar-refractivity contribution is -0.148. The molecule has 1 saturated heterocycles. The molecule has 0 aromatic heterocycles. The Morgan fingerprint density at radius 1 is 1.30 bits per heavy atom. The molecule has 0 bridgehead atoms. The highest BCUT2D eigenvalue weighted by atomic mass is 35.5. The normalized spacial score (nSPS) is 17.4. The third-order valence-electron chi connectivity index (χ3n) is 3.29. The number of aliphatic carboxylic acids is 1. The van der Waals surface area contributed by atoms with Gasteiger partial charge in [-0.15, -0.1) is 0 Å². The zero-order valence-corrected chi connectivity index (χ0v) is 11.4. The summed E-state index contributed by atoms with van der Waals surface area (Å²) in [6.45, 7) is 0.592. The summed E-state index contributed by atoms with van der Waals surface area (Å²) in [5, 5.41) is 12.3. The lowest BCUT2D eigenvalue weighted by atomic mass is 9.89. The van der Waals surface area contributed by atoms with E-state index < -0.39 is 17.4 Å². The van der Waals surface area contributed by atoms with E-state index in [1.165, 1.54) is 18.2 Å². The van der Waals surface area contributed by atoms with Gasteiger partial charge in [0, 0.05) is 42.3 Å². The van der Waals surface area contributed by atoms with Gasteiger partial charge in [-0.25, -0.2) is 4.79 Å². The van der Waals surface area contributed by atoms with Crippen molar-refractivity contribution in [2.45, 2.75) is 18.4 Å². The number of anilines is 1. The Morgan fingerprint density at radius 2 is 1.95 bits per heavy atom. The number of halogens is 1. The number of nitrogens with two attached hydrogens (primary N) is 1. The van der Waals surface area contributed by atoms with Crippen molar-refractivity contribution in [2.75, 3.05) is 18.9 Å². The van der Waals surface area contributed by atoms with Crippen LogP contribution in [-0.2, 0) is 9.53 Å². The number of nitrogen functional groups attached to an aromatic ring is 1. The maximum atomic E-state index is 12.2. The van der Waals surface area contributed by atoms with E-state index in [0.717, 1.165) is 0 Å². The van der Waals surface area contributed by atoms with Crippen LogP contribution >= 0.6 is 11.6 Å². The first-order valence-corrected chi connectivity index (χ1v) is 6.50. The second-order valence-corrected chi connectivity index (χ2v) is 5.16. The van der Waals surface area contributed by atoms with Crippen LogP contribution in [0.4, 0.5) is 5.69 Å². The number of benzene rings is 1. The molecule has 0 saturated carbocycles. The molecule has 108 valence electrons. The second-order valence-electron chi connectivity index (χ2n) is 4.73. The third-order valence-corrected chi connectivity index (χ3v) is 3.51. The lowest BCUT2D eigenvalue weighted by Gasteiger charge is -2.33. The fourth-order valence-electron chi connectivity index (χ4n) is 2.15. The number of carbonyl (C=O) groups is 2. The molecule has 1 heterocycles. The predicted molar refractivity (Wildman–Crippen MR) is 73.8 cm³/mol. The minimum absolute atomic E-state index is 0.226. The first-order chi connectivity index (χ1) is 9.43. The fraction of sp³-hybridized carbons (Fsp3) is 0.385. The standard InChI is InChI=1S/C13H15ClN2O4/c14-9-5-8(6-10(15)7-9)11(17)16-13(12(18)19)1-3-20-4-2-13/h5-7H,1-4,15H2,(H,16,17)(H,18,19). The molecule has 0 unspecified atom stereocenters. The minimum Gasteiger partial charge on any atom is -0.480 e. The average molecular weight is 299 g/mol. The number of carboxylic acid groups (broad SMARTS) is 1. The van der Waals surface area contributed by atoms with Crippen molar-refractivity contribution >= 4 is 29.2 Å². The van der Waals surface area contributed by atoms with E-state index in [2.05, 4.69) is 5.32 Å². The van der Waals surface area contributed by atoms with Crippen molar-refractivity contribution in [1.29, 1.82) is 0 Å². The molecular weight excluding hydrogens is 284 g/mol. The van der Waals surface area contributed by atoms with Gasteiger partial charge >= 0.3 is 5.97 Å². The van der Waals surface area contributed by atoms with Crippen molar-refractivity contribution in [3.05, 3.63) is 28.8 Å². The summed E-state index contributed by atoms with van der Waals surface area (Å²) in [7, 11) is 0. The maximum absolute atomic E-state index is 12.2. The van der Waals surface area contributed by atoms with Gasteiger partial charge in [0.05, 0.1) is 0 Å². The monoisotopic (exact) mass is 298 g/mol. The van der Waals surface area contributed by atoms with Crippen LogP contribution in [0.2, 0.25) is 5.02 Å². The molecule has 6 nitrogen and oxygen atoms in total. The molecular formula is C13H15ClN2O4. The van der Waals surface area contributed by atoms with Gasteiger partial charge in [-0.1, -0.05) is 11.6 Å². The lowest BCUT2D eigenvalue weighted by Crippen LogP contribution is -2.57. The summed E-state index contributed by atoms with van der Waals surface area (Å²) in [4.78, 5) is 23.7. The van der Waals surface area contributed by atoms with E-state index in [1.807, 2.05) is 0 Å². The summed E-state index contributed by atoms with van der Waals surface area (Å²) in [5.74, 6) is -1.58. The van der Waals surface area contributed by atoms with Gasteiger partial charge in [0.1, 0.15) is 5.54 Å². The molecule has 20 heavy (non-hydrogen) atoms. The summed E-state index contributed by atoms with van der Waals surface area (Å²) in [6.07, 6.45) is 0.453. The number of carbonyl (C=O) groups excluding carboxylic acids is 1. The van der Waals surface area contributed by atoms with Crippen LogP contribution in [0.25, 0.3) is 0 Å². The summed E-state index contributed by atoms with van der Waals surface area (Å²) in [5.41, 5.74) is 4.91. The highest BCUT2D eigenvalue weighted by Crippen LogP contribution is 2.23. The maximum Gasteiger partial charge on any atom is 0.329 e. The van der Waals surface area contributed by atoms with Crippen LogP contribution < -0.4 is 11.1 Å². The molecule has 1 aromatic carbocycles. The predicted octanol–water partition coefficient (Wildman–Crippen LogP) is 1.29. The smallest absolute Gasteiger partial charge is 0.329 e. The Hall–Kier alpha value is -1.79. The molecule has 1 aliphatic heterocycles. The van der Waals surface area contributed by atoms with Crippen LogP contribution in [0.15, 0.2) is 18.2 Å². The molecule has 0 radical (unpaired) electrons. The Bertz CT molecular complexity index is 521. The van der Waals surface area contributed by atoms with Gasteiger partial charge in [-0.3, -0.25) is 4.79 Å². The highest BCUT2D eigenvalue weighted by molar-refractivity contribution is 6.31. The number of amides is 1. The van der Waals surface area contributed by atoms with Crippen LogP contribution in [0.1, 0.15) is 23.2 Å². The summed E-state index contributed by atoms with van der Waals surface area (Å²) >= 11 is 5.84. The number of nitrogens with one attached hydrogen (secondary N) is 1. The summed E-state index contributed by atoms with van der Waals surface area (Å²) in [6, 6.07) is 4.41.